The van der Waals surface area contributed by atoms with Gasteiger partial charge in [-0.25, -0.2) is 0 Å². The molecule has 0 rings (SSSR count). The highest BCUT2D eigenvalue weighted by Gasteiger charge is 1.92. The Morgan fingerprint density at radius 3 is 2.50 bits per heavy atom. The third-order valence-electron chi connectivity index (χ3n) is 1.27. The fourth-order valence-electron chi connectivity index (χ4n) is 0.688. The van der Waals surface area contributed by atoms with E-state index in [2.05, 4.69) is 23.6 Å². The second-order valence-corrected chi connectivity index (χ2v) is 1.93. The number of hydrogen-bond donors (Lipinski definition) is 0. The molecule has 0 radical (unpaired) electrons. The van der Waals surface area contributed by atoms with Crippen LogP contribution in [0.4, 0.5) is 0 Å². The fraction of sp³-hybridized carbons (Fsp3) is 0.500. The van der Waals surface area contributed by atoms with E-state index < -0.39 is 0 Å². The molecule has 0 N–H and O–H groups in total. The van der Waals surface area contributed by atoms with Crippen LogP contribution in [0.15, 0.2) is 21.4 Å². The maximum absolute atomic E-state index is 4.13. The van der Waals surface area contributed by atoms with Crippen LogP contribution in [-0.4, -0.2) is 12.9 Å². The summed E-state index contributed by atoms with van der Waals surface area (Å²) in [6, 6.07) is 0. The lowest BCUT2D eigenvalue weighted by atomic mass is 10.3. The molecule has 0 fully saturated rings. The molecule has 2 heteroatoms. The summed E-state index contributed by atoms with van der Waals surface area (Å²) in [5.74, 6) is 0. The minimum atomic E-state index is 0.912. The molecule has 0 saturated heterocycles. The molecule has 0 atom stereocenters. The summed E-state index contributed by atoms with van der Waals surface area (Å²) >= 11 is 0. The second kappa shape index (κ2) is 4.91. The number of hydrogen-bond acceptors (Lipinski definition) is 2. The van der Waals surface area contributed by atoms with Crippen LogP contribution in [-0.2, 0) is 0 Å². The van der Waals surface area contributed by atoms with Crippen molar-refractivity contribution in [3.8, 4) is 0 Å². The first kappa shape index (κ1) is 9.08. The van der Waals surface area contributed by atoms with Crippen molar-refractivity contribution < 1.29 is 0 Å². The molecule has 0 saturated carbocycles. The van der Waals surface area contributed by atoms with Crippen LogP contribution >= 0.6 is 0 Å². The number of allylic oxidation sites excluding steroid dienone is 2. The van der Waals surface area contributed by atoms with Gasteiger partial charge in [-0.05, 0) is 27.0 Å². The second-order valence-electron chi connectivity index (χ2n) is 1.93. The Balaban J connectivity index is 4.44. The summed E-state index contributed by atoms with van der Waals surface area (Å²) in [6.07, 6.45) is 2.68. The Bertz CT molecular complexity index is 166. The summed E-state index contributed by atoms with van der Waals surface area (Å²) in [4.78, 5) is 7.93. The van der Waals surface area contributed by atoms with E-state index in [1.165, 1.54) is 0 Å². The van der Waals surface area contributed by atoms with E-state index in [9.17, 15) is 0 Å². The first-order valence-corrected chi connectivity index (χ1v) is 3.41. The lowest BCUT2D eigenvalue weighted by Gasteiger charge is -1.97. The van der Waals surface area contributed by atoms with E-state index in [1.54, 1.807) is 6.21 Å². The lowest BCUT2D eigenvalue weighted by Crippen LogP contribution is -1.80. The van der Waals surface area contributed by atoms with Crippen molar-refractivity contribution in [3.63, 3.8) is 0 Å². The molecule has 0 amide bonds. The summed E-state index contributed by atoms with van der Waals surface area (Å²) in [5.41, 5.74) is 1.93. The molecule has 0 spiro atoms. The van der Waals surface area contributed by atoms with Gasteiger partial charge in [0, 0.05) is 6.21 Å². The molecular formula is C8H14N2. The third kappa shape index (κ3) is 2.58. The van der Waals surface area contributed by atoms with Crippen molar-refractivity contribution in [3.05, 3.63) is 11.4 Å². The van der Waals surface area contributed by atoms with Gasteiger partial charge < -0.3 is 0 Å². The van der Waals surface area contributed by atoms with E-state index in [0.29, 0.717) is 0 Å². The number of aliphatic imine (C=N–C) groups is 2. The molecule has 0 aromatic rings. The SMILES string of the molecule is C=N/C(C)=C(/CC)N=CC. The average molecular weight is 138 g/mol. The maximum Gasteiger partial charge on any atom is 0.0608 e. The van der Waals surface area contributed by atoms with Crippen molar-refractivity contribution in [1.82, 2.24) is 0 Å². The van der Waals surface area contributed by atoms with Crippen LogP contribution in [0.1, 0.15) is 27.2 Å². The topological polar surface area (TPSA) is 24.7 Å². The van der Waals surface area contributed by atoms with E-state index in [-0.39, 0.29) is 0 Å². The van der Waals surface area contributed by atoms with Crippen LogP contribution < -0.4 is 0 Å². The van der Waals surface area contributed by atoms with Gasteiger partial charge in [0.15, 0.2) is 0 Å². The summed E-state index contributed by atoms with van der Waals surface area (Å²) < 4.78 is 0. The van der Waals surface area contributed by atoms with Crippen molar-refractivity contribution in [2.24, 2.45) is 9.98 Å². The molecule has 0 aromatic carbocycles. The van der Waals surface area contributed by atoms with Crippen LogP contribution in [0.2, 0.25) is 0 Å². The molecule has 0 heterocycles. The lowest BCUT2D eigenvalue weighted by molar-refractivity contribution is 1.02. The van der Waals surface area contributed by atoms with Gasteiger partial charge in [0.25, 0.3) is 0 Å². The molecule has 56 valence electrons. The Kier molecular flexibility index (Phi) is 4.46. The van der Waals surface area contributed by atoms with Crippen LogP contribution in [0.25, 0.3) is 0 Å². The average Bonchev–Trinajstić information content (AvgIpc) is 1.99. The minimum Gasteiger partial charge on any atom is -0.267 e. The van der Waals surface area contributed by atoms with Crippen molar-refractivity contribution >= 4 is 12.9 Å². The quantitative estimate of drug-likeness (QED) is 0.535. The van der Waals surface area contributed by atoms with E-state index in [0.717, 1.165) is 17.8 Å². The zero-order valence-electron chi connectivity index (χ0n) is 6.89. The van der Waals surface area contributed by atoms with E-state index in [1.807, 2.05) is 13.8 Å². The first-order valence-electron chi connectivity index (χ1n) is 3.41. The molecule has 2 nitrogen and oxygen atoms in total. The van der Waals surface area contributed by atoms with Gasteiger partial charge in [0.2, 0.25) is 0 Å². The molecule has 0 bridgehead atoms. The smallest absolute Gasteiger partial charge is 0.0608 e. The molecule has 0 aliphatic rings. The number of nitrogens with zero attached hydrogens (tertiary/aromatic N) is 2. The Labute approximate surface area is 62.4 Å². The highest BCUT2D eigenvalue weighted by molar-refractivity contribution is 5.55. The molecule has 0 aliphatic heterocycles. The molecule has 0 aromatic heterocycles. The van der Waals surface area contributed by atoms with Gasteiger partial charge in [-0.1, -0.05) is 6.92 Å². The van der Waals surface area contributed by atoms with Crippen molar-refractivity contribution in [2.45, 2.75) is 27.2 Å². The van der Waals surface area contributed by atoms with Crippen molar-refractivity contribution in [2.75, 3.05) is 0 Å². The zero-order chi connectivity index (χ0) is 7.98. The normalized spacial score (nSPS) is 13.5. The Morgan fingerprint density at radius 2 is 2.20 bits per heavy atom. The number of rotatable bonds is 3. The Hall–Kier alpha value is -0.920. The zero-order valence-corrected chi connectivity index (χ0v) is 6.89. The van der Waals surface area contributed by atoms with Crippen molar-refractivity contribution in [1.29, 1.82) is 0 Å². The highest BCUT2D eigenvalue weighted by Crippen LogP contribution is 2.09. The molecule has 0 unspecified atom stereocenters. The van der Waals surface area contributed by atoms with Crippen LogP contribution in [0.3, 0.4) is 0 Å². The summed E-state index contributed by atoms with van der Waals surface area (Å²) in [5, 5.41) is 0. The predicted octanol–water partition coefficient (Wildman–Crippen LogP) is 2.42. The third-order valence-corrected chi connectivity index (χ3v) is 1.27. The molecule has 10 heavy (non-hydrogen) atoms. The standard InChI is InChI=1S/C8H14N2/c1-5-8(10-6-2)7(3)9-4/h6H,4-5H2,1-3H3/b8-7-,10-6?. The van der Waals surface area contributed by atoms with Gasteiger partial charge >= 0.3 is 0 Å². The van der Waals surface area contributed by atoms with Gasteiger partial charge in [-0.2, -0.15) is 0 Å². The van der Waals surface area contributed by atoms with Gasteiger partial charge in [-0.15, -0.1) is 0 Å². The Morgan fingerprint density at radius 1 is 1.60 bits per heavy atom. The fourth-order valence-corrected chi connectivity index (χ4v) is 0.688. The van der Waals surface area contributed by atoms with Gasteiger partial charge in [-0.3, -0.25) is 9.98 Å². The highest BCUT2D eigenvalue weighted by atomic mass is 14.8. The largest absolute Gasteiger partial charge is 0.267 e. The molecule has 0 aliphatic carbocycles. The van der Waals surface area contributed by atoms with Crippen LogP contribution in [0, 0.1) is 0 Å². The predicted molar refractivity (Wildman–Crippen MR) is 46.7 cm³/mol. The van der Waals surface area contributed by atoms with E-state index in [4.69, 9.17) is 0 Å². The van der Waals surface area contributed by atoms with Gasteiger partial charge in [0.1, 0.15) is 0 Å². The van der Waals surface area contributed by atoms with Gasteiger partial charge in [0.05, 0.1) is 11.4 Å². The maximum atomic E-state index is 4.13. The van der Waals surface area contributed by atoms with E-state index >= 15 is 0 Å². The molecular weight excluding hydrogens is 124 g/mol. The monoisotopic (exact) mass is 138 g/mol. The minimum absolute atomic E-state index is 0.912. The first-order chi connectivity index (χ1) is 4.76. The van der Waals surface area contributed by atoms with Crippen LogP contribution in [0.5, 0.6) is 0 Å². The summed E-state index contributed by atoms with van der Waals surface area (Å²) in [6.45, 7) is 9.29. The summed E-state index contributed by atoms with van der Waals surface area (Å²) in [7, 11) is 0.